The first-order valence-electron chi connectivity index (χ1n) is 6.02. The minimum atomic E-state index is 0.458. The Balaban J connectivity index is 2.26. The van der Waals surface area contributed by atoms with Gasteiger partial charge in [-0.3, -0.25) is 0 Å². The van der Waals surface area contributed by atoms with Crippen molar-refractivity contribution in [3.8, 4) is 16.5 Å². The van der Waals surface area contributed by atoms with Crippen molar-refractivity contribution in [3.05, 3.63) is 39.7 Å². The molecule has 0 saturated heterocycles. The third-order valence-corrected chi connectivity index (χ3v) is 4.31. The van der Waals surface area contributed by atoms with Gasteiger partial charge < -0.3 is 4.74 Å². The molecule has 2 aromatic heterocycles. The minimum Gasteiger partial charge on any atom is -0.476 e. The zero-order chi connectivity index (χ0) is 14.1. The van der Waals surface area contributed by atoms with Crippen LogP contribution in [0.2, 0.25) is 10.0 Å². The van der Waals surface area contributed by atoms with E-state index in [-0.39, 0.29) is 0 Å². The lowest BCUT2D eigenvalue weighted by molar-refractivity contribution is 0.328. The van der Waals surface area contributed by atoms with Gasteiger partial charge in [-0.1, -0.05) is 29.3 Å². The molecular formula is C14H10Cl2N2OS. The van der Waals surface area contributed by atoms with Crippen LogP contribution in [0.25, 0.3) is 21.6 Å². The topological polar surface area (TPSA) is 35.0 Å². The Bertz CT molecular complexity index is 759. The minimum absolute atomic E-state index is 0.458. The fourth-order valence-electron chi connectivity index (χ4n) is 1.85. The van der Waals surface area contributed by atoms with Gasteiger partial charge in [0.25, 0.3) is 0 Å². The summed E-state index contributed by atoms with van der Waals surface area (Å²) in [4.78, 5) is 10.1. The number of halogens is 2. The molecule has 0 spiro atoms. The van der Waals surface area contributed by atoms with Crippen LogP contribution in [0.5, 0.6) is 5.88 Å². The first kappa shape index (κ1) is 13.6. The summed E-state index contributed by atoms with van der Waals surface area (Å²) in [6.45, 7) is 2.44. The first-order valence-corrected chi connectivity index (χ1v) is 7.66. The summed E-state index contributed by atoms with van der Waals surface area (Å²) >= 11 is 13.6. The second-order valence-electron chi connectivity index (χ2n) is 4.04. The van der Waals surface area contributed by atoms with E-state index in [1.54, 1.807) is 23.5 Å². The van der Waals surface area contributed by atoms with Gasteiger partial charge in [0.05, 0.1) is 32.6 Å². The molecule has 0 amide bonds. The predicted molar refractivity (Wildman–Crippen MR) is 84.0 cm³/mol. The quantitative estimate of drug-likeness (QED) is 0.675. The van der Waals surface area contributed by atoms with E-state index in [4.69, 9.17) is 27.9 Å². The van der Waals surface area contributed by atoms with E-state index in [1.165, 1.54) is 0 Å². The fourth-order valence-corrected chi connectivity index (χ4v) is 2.87. The Morgan fingerprint density at radius 2 is 1.85 bits per heavy atom. The maximum Gasteiger partial charge on any atom is 0.242 e. The van der Waals surface area contributed by atoms with Gasteiger partial charge in [-0.05, 0) is 30.5 Å². The smallest absolute Gasteiger partial charge is 0.242 e. The molecule has 3 nitrogen and oxygen atoms in total. The number of fused-ring (bicyclic) bond motifs is 1. The van der Waals surface area contributed by atoms with Crippen LogP contribution >= 0.6 is 34.5 Å². The van der Waals surface area contributed by atoms with Crippen LogP contribution in [0.3, 0.4) is 0 Å². The van der Waals surface area contributed by atoms with Crippen LogP contribution in [0, 0.1) is 0 Å². The third-order valence-electron chi connectivity index (χ3n) is 2.71. The zero-order valence-corrected chi connectivity index (χ0v) is 12.9. The second kappa shape index (κ2) is 5.56. The largest absolute Gasteiger partial charge is 0.476 e. The number of ether oxygens (including phenoxy) is 1. The van der Waals surface area contributed by atoms with Gasteiger partial charge in [-0.2, -0.15) is 0 Å². The van der Waals surface area contributed by atoms with E-state index in [0.29, 0.717) is 33.6 Å². The van der Waals surface area contributed by atoms with Crippen molar-refractivity contribution < 1.29 is 4.74 Å². The standard InChI is InChI=1S/C14H10Cl2N2OS/c1-2-19-14-13(12-4-3-5-20-12)17-10-6-8(15)9(16)7-11(10)18-14/h3-7H,2H2,1H3. The summed E-state index contributed by atoms with van der Waals surface area (Å²) in [7, 11) is 0. The molecule has 3 rings (SSSR count). The van der Waals surface area contributed by atoms with Crippen molar-refractivity contribution in [2.24, 2.45) is 0 Å². The molecule has 102 valence electrons. The van der Waals surface area contributed by atoms with Gasteiger partial charge in [-0.15, -0.1) is 11.3 Å². The van der Waals surface area contributed by atoms with Gasteiger partial charge in [0.2, 0.25) is 5.88 Å². The van der Waals surface area contributed by atoms with Crippen LogP contribution in [0.1, 0.15) is 6.92 Å². The SMILES string of the molecule is CCOc1nc2cc(Cl)c(Cl)cc2nc1-c1cccs1. The highest BCUT2D eigenvalue weighted by molar-refractivity contribution is 7.13. The molecule has 0 aliphatic heterocycles. The van der Waals surface area contributed by atoms with Crippen LogP contribution < -0.4 is 4.74 Å². The molecule has 0 aliphatic carbocycles. The molecule has 0 atom stereocenters. The van der Waals surface area contributed by atoms with E-state index in [9.17, 15) is 0 Å². The molecule has 0 bridgehead atoms. The number of hydrogen-bond acceptors (Lipinski definition) is 4. The Labute approximate surface area is 130 Å². The Hall–Kier alpha value is -1.36. The zero-order valence-electron chi connectivity index (χ0n) is 10.6. The van der Waals surface area contributed by atoms with Crippen LogP contribution in [-0.2, 0) is 0 Å². The lowest BCUT2D eigenvalue weighted by Gasteiger charge is -2.09. The average Bonchev–Trinajstić information content (AvgIpc) is 2.94. The molecule has 0 saturated carbocycles. The van der Waals surface area contributed by atoms with E-state index < -0.39 is 0 Å². The van der Waals surface area contributed by atoms with Crippen molar-refractivity contribution in [1.82, 2.24) is 9.97 Å². The van der Waals surface area contributed by atoms with Crippen molar-refractivity contribution in [2.75, 3.05) is 6.61 Å². The highest BCUT2D eigenvalue weighted by atomic mass is 35.5. The summed E-state index contributed by atoms with van der Waals surface area (Å²) in [5, 5.41) is 2.92. The third kappa shape index (κ3) is 2.46. The Morgan fingerprint density at radius 3 is 2.45 bits per heavy atom. The number of hydrogen-bond donors (Lipinski definition) is 0. The summed E-state index contributed by atoms with van der Waals surface area (Å²) < 4.78 is 5.60. The molecule has 20 heavy (non-hydrogen) atoms. The molecule has 0 fully saturated rings. The number of nitrogens with zero attached hydrogens (tertiary/aromatic N) is 2. The van der Waals surface area contributed by atoms with Gasteiger partial charge >= 0.3 is 0 Å². The predicted octanol–water partition coefficient (Wildman–Crippen LogP) is 5.06. The Morgan fingerprint density at radius 1 is 1.15 bits per heavy atom. The van der Waals surface area contributed by atoms with Gasteiger partial charge in [0.15, 0.2) is 0 Å². The molecule has 0 aliphatic rings. The normalized spacial score (nSPS) is 10.9. The van der Waals surface area contributed by atoms with E-state index in [2.05, 4.69) is 9.97 Å². The monoisotopic (exact) mass is 324 g/mol. The van der Waals surface area contributed by atoms with Crippen molar-refractivity contribution in [2.45, 2.75) is 6.92 Å². The maximum absolute atomic E-state index is 6.04. The summed E-state index contributed by atoms with van der Waals surface area (Å²) in [5.41, 5.74) is 2.10. The number of rotatable bonds is 3. The number of benzene rings is 1. The molecule has 0 N–H and O–H groups in total. The molecular weight excluding hydrogens is 315 g/mol. The highest BCUT2D eigenvalue weighted by Crippen LogP contribution is 2.34. The van der Waals surface area contributed by atoms with Gasteiger partial charge in [0, 0.05) is 0 Å². The van der Waals surface area contributed by atoms with Crippen LogP contribution in [-0.4, -0.2) is 16.6 Å². The highest BCUT2D eigenvalue weighted by Gasteiger charge is 2.14. The Kier molecular flexibility index (Phi) is 3.78. The molecule has 1 aromatic carbocycles. The summed E-state index contributed by atoms with van der Waals surface area (Å²) in [6, 6.07) is 7.38. The second-order valence-corrected chi connectivity index (χ2v) is 5.80. The van der Waals surface area contributed by atoms with Crippen molar-refractivity contribution in [3.63, 3.8) is 0 Å². The van der Waals surface area contributed by atoms with E-state index in [1.807, 2.05) is 24.4 Å². The van der Waals surface area contributed by atoms with Crippen LogP contribution in [0.4, 0.5) is 0 Å². The van der Waals surface area contributed by atoms with E-state index >= 15 is 0 Å². The average molecular weight is 325 g/mol. The molecule has 0 radical (unpaired) electrons. The maximum atomic E-state index is 6.04. The molecule has 3 aromatic rings. The van der Waals surface area contributed by atoms with Crippen molar-refractivity contribution in [1.29, 1.82) is 0 Å². The van der Waals surface area contributed by atoms with E-state index in [0.717, 1.165) is 10.6 Å². The van der Waals surface area contributed by atoms with Gasteiger partial charge in [-0.25, -0.2) is 9.97 Å². The summed E-state index contributed by atoms with van der Waals surface area (Å²) in [6.07, 6.45) is 0. The lowest BCUT2D eigenvalue weighted by Crippen LogP contribution is -1.99. The molecule has 0 unspecified atom stereocenters. The summed E-state index contributed by atoms with van der Waals surface area (Å²) in [5.74, 6) is 0.515. The number of thiophene rings is 1. The first-order chi connectivity index (χ1) is 9.69. The lowest BCUT2D eigenvalue weighted by atomic mass is 10.2. The molecule has 2 heterocycles. The fraction of sp³-hybridized carbons (Fsp3) is 0.143. The van der Waals surface area contributed by atoms with Crippen molar-refractivity contribution >= 4 is 45.6 Å². The van der Waals surface area contributed by atoms with Crippen LogP contribution in [0.15, 0.2) is 29.6 Å². The van der Waals surface area contributed by atoms with Gasteiger partial charge in [0.1, 0.15) is 5.69 Å². The molecule has 6 heteroatoms. The number of aromatic nitrogens is 2.